The molecule has 1 amide bonds. The number of carboxylic acids is 1. The van der Waals surface area contributed by atoms with E-state index in [0.29, 0.717) is 12.0 Å². The second-order valence-electron chi connectivity index (χ2n) is 3.43. The van der Waals surface area contributed by atoms with Gasteiger partial charge >= 0.3 is 5.97 Å². The van der Waals surface area contributed by atoms with Crippen LogP contribution in [0.3, 0.4) is 0 Å². The second-order valence-corrected chi connectivity index (χ2v) is 3.43. The van der Waals surface area contributed by atoms with Gasteiger partial charge in [0.2, 0.25) is 0 Å². The Balaban J connectivity index is 2.77. The van der Waals surface area contributed by atoms with E-state index in [1.807, 2.05) is 0 Å². The number of amides is 1. The van der Waals surface area contributed by atoms with Gasteiger partial charge in [0.1, 0.15) is 5.54 Å². The maximum atomic E-state index is 11.6. The molecule has 0 spiro atoms. The third kappa shape index (κ3) is 2.34. The van der Waals surface area contributed by atoms with Crippen molar-refractivity contribution >= 4 is 11.9 Å². The molecule has 0 aliphatic rings. The highest BCUT2D eigenvalue weighted by atomic mass is 16.4. The number of aromatic amines is 1. The van der Waals surface area contributed by atoms with Crippen molar-refractivity contribution in [1.29, 1.82) is 0 Å². The highest BCUT2D eigenvalue weighted by Crippen LogP contribution is 2.10. The van der Waals surface area contributed by atoms with Gasteiger partial charge < -0.3 is 10.4 Å². The molecule has 0 fully saturated rings. The van der Waals surface area contributed by atoms with E-state index in [4.69, 9.17) is 5.11 Å². The van der Waals surface area contributed by atoms with Crippen LogP contribution in [-0.4, -0.2) is 32.7 Å². The Morgan fingerprint density at radius 2 is 2.33 bits per heavy atom. The lowest BCUT2D eigenvalue weighted by molar-refractivity contribution is -0.143. The second kappa shape index (κ2) is 4.12. The zero-order valence-corrected chi connectivity index (χ0v) is 8.57. The van der Waals surface area contributed by atoms with Gasteiger partial charge in [0.15, 0.2) is 0 Å². The van der Waals surface area contributed by atoms with Crippen LogP contribution in [0.4, 0.5) is 0 Å². The van der Waals surface area contributed by atoms with Crippen LogP contribution in [0, 0.1) is 0 Å². The third-order valence-corrected chi connectivity index (χ3v) is 2.33. The topological polar surface area (TPSA) is 95.1 Å². The summed E-state index contributed by atoms with van der Waals surface area (Å²) in [4.78, 5) is 22.5. The molecule has 1 aromatic rings. The standard InChI is InChI=1S/C9H13N3O3/c1-3-9(2,8(14)15)12-7(13)6-4-10-11-5-6/h4-5H,3H2,1-2H3,(H,10,11)(H,12,13)(H,14,15). The Bertz CT molecular complexity index is 361. The summed E-state index contributed by atoms with van der Waals surface area (Å²) in [5.74, 6) is -1.50. The largest absolute Gasteiger partial charge is 0.480 e. The highest BCUT2D eigenvalue weighted by Gasteiger charge is 2.33. The van der Waals surface area contributed by atoms with Crippen molar-refractivity contribution in [3.63, 3.8) is 0 Å². The van der Waals surface area contributed by atoms with E-state index in [0.717, 1.165) is 0 Å². The van der Waals surface area contributed by atoms with Gasteiger partial charge in [-0.15, -0.1) is 0 Å². The van der Waals surface area contributed by atoms with Crippen molar-refractivity contribution < 1.29 is 14.7 Å². The Morgan fingerprint density at radius 3 is 2.73 bits per heavy atom. The van der Waals surface area contributed by atoms with Crippen molar-refractivity contribution in [3.05, 3.63) is 18.0 Å². The van der Waals surface area contributed by atoms with Gasteiger partial charge in [-0.2, -0.15) is 5.10 Å². The van der Waals surface area contributed by atoms with Crippen LogP contribution < -0.4 is 5.32 Å². The van der Waals surface area contributed by atoms with E-state index in [1.54, 1.807) is 6.92 Å². The van der Waals surface area contributed by atoms with E-state index in [9.17, 15) is 9.59 Å². The fourth-order valence-electron chi connectivity index (χ4n) is 0.991. The minimum atomic E-state index is -1.24. The van der Waals surface area contributed by atoms with Gasteiger partial charge in [-0.05, 0) is 13.3 Å². The maximum absolute atomic E-state index is 11.6. The highest BCUT2D eigenvalue weighted by molar-refractivity contribution is 5.97. The zero-order chi connectivity index (χ0) is 11.5. The summed E-state index contributed by atoms with van der Waals surface area (Å²) in [6, 6.07) is 0. The minimum absolute atomic E-state index is 0.311. The predicted molar refractivity (Wildman–Crippen MR) is 52.4 cm³/mol. The summed E-state index contributed by atoms with van der Waals surface area (Å²) in [5.41, 5.74) is -0.926. The van der Waals surface area contributed by atoms with Crippen LogP contribution in [0.15, 0.2) is 12.4 Å². The summed E-state index contributed by atoms with van der Waals surface area (Å²) in [6.07, 6.45) is 3.06. The van der Waals surface area contributed by atoms with Crippen molar-refractivity contribution in [2.24, 2.45) is 0 Å². The number of aliphatic carboxylic acids is 1. The number of hydrogen-bond donors (Lipinski definition) is 3. The van der Waals surface area contributed by atoms with E-state index < -0.39 is 17.4 Å². The molecule has 0 radical (unpaired) electrons. The number of carboxylic acid groups (broad SMARTS) is 1. The Morgan fingerprint density at radius 1 is 1.67 bits per heavy atom. The first-order valence-electron chi connectivity index (χ1n) is 4.54. The van der Waals surface area contributed by atoms with Gasteiger partial charge in [-0.25, -0.2) is 4.79 Å². The van der Waals surface area contributed by atoms with Crippen LogP contribution in [-0.2, 0) is 4.79 Å². The Labute approximate surface area is 86.7 Å². The van der Waals surface area contributed by atoms with Gasteiger partial charge in [-0.3, -0.25) is 9.89 Å². The molecule has 0 saturated heterocycles. The summed E-state index contributed by atoms with van der Waals surface area (Å²) < 4.78 is 0. The molecule has 15 heavy (non-hydrogen) atoms. The number of carbonyl (C=O) groups excluding carboxylic acids is 1. The molecule has 6 heteroatoms. The first-order chi connectivity index (χ1) is 6.99. The molecule has 1 heterocycles. The van der Waals surface area contributed by atoms with Crippen LogP contribution in [0.1, 0.15) is 30.6 Å². The fourth-order valence-corrected chi connectivity index (χ4v) is 0.991. The first kappa shape index (κ1) is 11.2. The molecule has 0 saturated carbocycles. The molecule has 0 aliphatic heterocycles. The summed E-state index contributed by atoms with van der Waals surface area (Å²) in [6.45, 7) is 3.16. The van der Waals surface area contributed by atoms with Crippen LogP contribution >= 0.6 is 0 Å². The Kier molecular flexibility index (Phi) is 3.08. The van der Waals surface area contributed by atoms with E-state index in [2.05, 4.69) is 15.5 Å². The van der Waals surface area contributed by atoms with Gasteiger partial charge in [-0.1, -0.05) is 6.92 Å². The van der Waals surface area contributed by atoms with Crippen molar-refractivity contribution in [2.75, 3.05) is 0 Å². The summed E-state index contributed by atoms with van der Waals surface area (Å²) in [7, 11) is 0. The zero-order valence-electron chi connectivity index (χ0n) is 8.57. The molecule has 0 aromatic carbocycles. The van der Waals surface area contributed by atoms with Crippen molar-refractivity contribution in [1.82, 2.24) is 15.5 Å². The van der Waals surface area contributed by atoms with E-state index in [1.165, 1.54) is 19.3 Å². The van der Waals surface area contributed by atoms with Crippen LogP contribution in [0.5, 0.6) is 0 Å². The smallest absolute Gasteiger partial charge is 0.329 e. The molecule has 0 bridgehead atoms. The lowest BCUT2D eigenvalue weighted by Crippen LogP contribution is -2.51. The van der Waals surface area contributed by atoms with Gasteiger partial charge in [0, 0.05) is 6.20 Å². The molecule has 0 aliphatic carbocycles. The summed E-state index contributed by atoms with van der Waals surface area (Å²) in [5, 5.41) is 17.5. The number of rotatable bonds is 4. The quantitative estimate of drug-likeness (QED) is 0.671. The van der Waals surface area contributed by atoms with E-state index in [-0.39, 0.29) is 0 Å². The number of nitrogens with zero attached hydrogens (tertiary/aromatic N) is 1. The molecule has 1 aromatic heterocycles. The lowest BCUT2D eigenvalue weighted by atomic mass is 9.99. The molecule has 3 N–H and O–H groups in total. The SMILES string of the molecule is CCC(C)(NC(=O)c1cn[nH]c1)C(=O)O. The number of H-pyrrole nitrogens is 1. The normalized spacial score (nSPS) is 14.3. The van der Waals surface area contributed by atoms with Gasteiger partial charge in [0.25, 0.3) is 5.91 Å². The molecule has 6 nitrogen and oxygen atoms in total. The van der Waals surface area contributed by atoms with Crippen LogP contribution in [0.2, 0.25) is 0 Å². The molecule has 82 valence electrons. The van der Waals surface area contributed by atoms with Gasteiger partial charge in [0.05, 0.1) is 11.8 Å². The average Bonchev–Trinajstić information content (AvgIpc) is 2.70. The minimum Gasteiger partial charge on any atom is -0.480 e. The maximum Gasteiger partial charge on any atom is 0.329 e. The predicted octanol–water partition coefficient (Wildman–Crippen LogP) is 0.393. The molecular formula is C9H13N3O3. The third-order valence-electron chi connectivity index (χ3n) is 2.33. The fraction of sp³-hybridized carbons (Fsp3) is 0.444. The Hall–Kier alpha value is -1.85. The van der Waals surface area contributed by atoms with E-state index >= 15 is 0 Å². The molecule has 1 rings (SSSR count). The van der Waals surface area contributed by atoms with Crippen molar-refractivity contribution in [2.45, 2.75) is 25.8 Å². The first-order valence-corrected chi connectivity index (χ1v) is 4.54. The monoisotopic (exact) mass is 211 g/mol. The molecule has 1 atom stereocenters. The number of hydrogen-bond acceptors (Lipinski definition) is 3. The average molecular weight is 211 g/mol. The number of aromatic nitrogens is 2. The molecular weight excluding hydrogens is 198 g/mol. The molecule has 1 unspecified atom stereocenters. The lowest BCUT2D eigenvalue weighted by Gasteiger charge is -2.24. The van der Waals surface area contributed by atoms with Crippen molar-refractivity contribution in [3.8, 4) is 0 Å². The van der Waals surface area contributed by atoms with Crippen LogP contribution in [0.25, 0.3) is 0 Å². The summed E-state index contributed by atoms with van der Waals surface area (Å²) >= 11 is 0. The number of carbonyl (C=O) groups is 2. The number of nitrogens with one attached hydrogen (secondary N) is 2.